The molecule has 4 nitrogen and oxygen atoms in total. The number of rotatable bonds is 2. The Kier molecular flexibility index (Phi) is 3.42. The van der Waals surface area contributed by atoms with Gasteiger partial charge in [-0.15, -0.1) is 0 Å². The minimum atomic E-state index is -0.824. The van der Waals surface area contributed by atoms with Crippen LogP contribution in [-0.2, 0) is 9.59 Å². The minimum absolute atomic E-state index is 0.0578. The van der Waals surface area contributed by atoms with Crippen LogP contribution in [0.1, 0.15) is 19.8 Å². The van der Waals surface area contributed by atoms with E-state index < -0.39 is 11.9 Å². The molecule has 1 N–H and O–H groups in total. The molecule has 0 aromatic rings. The number of amides is 1. The van der Waals surface area contributed by atoms with Gasteiger partial charge in [0.1, 0.15) is 0 Å². The van der Waals surface area contributed by atoms with Crippen molar-refractivity contribution in [3.8, 4) is 0 Å². The second-order valence-electron chi connectivity index (χ2n) is 4.57. The van der Waals surface area contributed by atoms with Crippen molar-refractivity contribution in [2.24, 2.45) is 11.8 Å². The molecular formula is C11H17NO3S. The lowest BCUT2D eigenvalue weighted by atomic mass is 10.2. The first kappa shape index (κ1) is 11.8. The molecule has 3 atom stereocenters. The maximum absolute atomic E-state index is 12.1. The van der Waals surface area contributed by atoms with Crippen LogP contribution in [0.5, 0.6) is 0 Å². The van der Waals surface area contributed by atoms with E-state index >= 15 is 0 Å². The van der Waals surface area contributed by atoms with Gasteiger partial charge < -0.3 is 10.0 Å². The molecule has 90 valence electrons. The van der Waals surface area contributed by atoms with Crippen molar-refractivity contribution >= 4 is 23.6 Å². The summed E-state index contributed by atoms with van der Waals surface area (Å²) in [7, 11) is 0. The molecule has 5 heteroatoms. The van der Waals surface area contributed by atoms with Gasteiger partial charge in [-0.2, -0.15) is 11.8 Å². The van der Waals surface area contributed by atoms with E-state index in [4.69, 9.17) is 5.11 Å². The van der Waals surface area contributed by atoms with Gasteiger partial charge in [-0.3, -0.25) is 9.59 Å². The van der Waals surface area contributed by atoms with Crippen molar-refractivity contribution in [3.05, 3.63) is 0 Å². The number of carboxylic acids is 1. The molecule has 1 aliphatic heterocycles. The number of hydrogen-bond acceptors (Lipinski definition) is 3. The number of hydrogen-bond donors (Lipinski definition) is 1. The fraction of sp³-hybridized carbons (Fsp3) is 0.818. The first-order valence-corrected chi connectivity index (χ1v) is 6.87. The molecule has 1 saturated heterocycles. The van der Waals surface area contributed by atoms with E-state index in [1.165, 1.54) is 0 Å². The quantitative estimate of drug-likeness (QED) is 0.788. The molecule has 2 fully saturated rings. The van der Waals surface area contributed by atoms with Gasteiger partial charge >= 0.3 is 5.97 Å². The summed E-state index contributed by atoms with van der Waals surface area (Å²) >= 11 is 1.87. The maximum Gasteiger partial charge on any atom is 0.307 e. The van der Waals surface area contributed by atoms with E-state index in [0.717, 1.165) is 24.5 Å². The van der Waals surface area contributed by atoms with E-state index in [9.17, 15) is 9.59 Å². The topological polar surface area (TPSA) is 57.6 Å². The van der Waals surface area contributed by atoms with Crippen molar-refractivity contribution in [1.82, 2.24) is 4.90 Å². The van der Waals surface area contributed by atoms with E-state index in [-0.39, 0.29) is 17.9 Å². The Morgan fingerprint density at radius 3 is 2.69 bits per heavy atom. The third-order valence-electron chi connectivity index (χ3n) is 3.40. The Morgan fingerprint density at radius 2 is 2.06 bits per heavy atom. The number of carbonyl (C=O) groups excluding carboxylic acids is 1. The summed E-state index contributed by atoms with van der Waals surface area (Å²) < 4.78 is 0. The molecule has 0 radical (unpaired) electrons. The van der Waals surface area contributed by atoms with Crippen LogP contribution in [0.15, 0.2) is 0 Å². The van der Waals surface area contributed by atoms with Crippen LogP contribution in [0.25, 0.3) is 0 Å². The van der Waals surface area contributed by atoms with Crippen molar-refractivity contribution < 1.29 is 14.7 Å². The Bertz CT molecular complexity index is 308. The standard InChI is InChI=1S/C11H17NO3S/c1-7-2-4-16-5-3-12(7)10(13)8-6-9(8)11(14)15/h7-9H,2-6H2,1H3,(H,14,15). The van der Waals surface area contributed by atoms with Crippen molar-refractivity contribution in [2.75, 3.05) is 18.1 Å². The highest BCUT2D eigenvalue weighted by molar-refractivity contribution is 7.99. The van der Waals surface area contributed by atoms with Gasteiger partial charge in [-0.05, 0) is 25.5 Å². The highest BCUT2D eigenvalue weighted by atomic mass is 32.2. The van der Waals surface area contributed by atoms with Gasteiger partial charge in [0.2, 0.25) is 5.91 Å². The predicted octanol–water partition coefficient (Wildman–Crippen LogP) is 1.06. The normalized spacial score (nSPS) is 34.3. The van der Waals surface area contributed by atoms with Gasteiger partial charge in [0, 0.05) is 18.3 Å². The largest absolute Gasteiger partial charge is 0.481 e. The van der Waals surface area contributed by atoms with Crippen LogP contribution >= 0.6 is 11.8 Å². The number of thioether (sulfide) groups is 1. The number of carboxylic acid groups (broad SMARTS) is 1. The summed E-state index contributed by atoms with van der Waals surface area (Å²) in [5, 5.41) is 8.82. The van der Waals surface area contributed by atoms with Crippen LogP contribution in [0.2, 0.25) is 0 Å². The van der Waals surface area contributed by atoms with Crippen LogP contribution < -0.4 is 0 Å². The van der Waals surface area contributed by atoms with E-state index in [1.54, 1.807) is 0 Å². The van der Waals surface area contributed by atoms with Gasteiger partial charge in [0.05, 0.1) is 11.8 Å². The van der Waals surface area contributed by atoms with Crippen molar-refractivity contribution in [1.29, 1.82) is 0 Å². The molecular weight excluding hydrogens is 226 g/mol. The van der Waals surface area contributed by atoms with Crippen LogP contribution in [0, 0.1) is 11.8 Å². The summed E-state index contributed by atoms with van der Waals surface area (Å²) in [4.78, 5) is 24.7. The van der Waals surface area contributed by atoms with E-state index in [2.05, 4.69) is 6.92 Å². The van der Waals surface area contributed by atoms with Crippen LogP contribution in [-0.4, -0.2) is 46.0 Å². The van der Waals surface area contributed by atoms with E-state index in [0.29, 0.717) is 6.42 Å². The lowest BCUT2D eigenvalue weighted by molar-refractivity contribution is -0.142. The smallest absolute Gasteiger partial charge is 0.307 e. The highest BCUT2D eigenvalue weighted by Crippen LogP contribution is 2.40. The summed E-state index contributed by atoms with van der Waals surface area (Å²) in [6.07, 6.45) is 1.55. The van der Waals surface area contributed by atoms with Gasteiger partial charge in [0.25, 0.3) is 0 Å². The highest BCUT2D eigenvalue weighted by Gasteiger charge is 2.50. The Labute approximate surface area is 99.4 Å². The average molecular weight is 243 g/mol. The second kappa shape index (κ2) is 4.65. The molecule has 1 aliphatic carbocycles. The van der Waals surface area contributed by atoms with Crippen LogP contribution in [0.3, 0.4) is 0 Å². The zero-order valence-electron chi connectivity index (χ0n) is 9.39. The van der Waals surface area contributed by atoms with Crippen molar-refractivity contribution in [3.63, 3.8) is 0 Å². The molecule has 2 aliphatic rings. The Morgan fingerprint density at radius 1 is 1.31 bits per heavy atom. The summed E-state index contributed by atoms with van der Waals surface area (Å²) in [6.45, 7) is 2.83. The lowest BCUT2D eigenvalue weighted by Gasteiger charge is -2.27. The molecule has 16 heavy (non-hydrogen) atoms. The fourth-order valence-electron chi connectivity index (χ4n) is 2.18. The van der Waals surface area contributed by atoms with Crippen LogP contribution in [0.4, 0.5) is 0 Å². The molecule has 1 amide bonds. The summed E-state index contributed by atoms with van der Waals surface area (Å²) in [6, 6.07) is 0.262. The Hall–Kier alpha value is -0.710. The number of aliphatic carboxylic acids is 1. The molecule has 0 aromatic carbocycles. The SMILES string of the molecule is CC1CCSCCN1C(=O)C1CC1C(=O)O. The van der Waals surface area contributed by atoms with Gasteiger partial charge in [0.15, 0.2) is 0 Å². The zero-order valence-corrected chi connectivity index (χ0v) is 10.2. The van der Waals surface area contributed by atoms with Crippen molar-refractivity contribution in [2.45, 2.75) is 25.8 Å². The molecule has 0 bridgehead atoms. The van der Waals surface area contributed by atoms with Gasteiger partial charge in [-0.1, -0.05) is 0 Å². The summed E-state index contributed by atoms with van der Waals surface area (Å²) in [5.41, 5.74) is 0. The maximum atomic E-state index is 12.1. The minimum Gasteiger partial charge on any atom is -0.481 e. The Balaban J connectivity index is 1.96. The summed E-state index contributed by atoms with van der Waals surface area (Å²) in [5.74, 6) is 0.634. The zero-order chi connectivity index (χ0) is 11.7. The number of carbonyl (C=O) groups is 2. The van der Waals surface area contributed by atoms with Gasteiger partial charge in [-0.25, -0.2) is 0 Å². The molecule has 2 rings (SSSR count). The number of nitrogens with zero attached hydrogens (tertiary/aromatic N) is 1. The molecule has 1 heterocycles. The molecule has 3 unspecified atom stereocenters. The first-order chi connectivity index (χ1) is 7.61. The molecule has 0 spiro atoms. The monoisotopic (exact) mass is 243 g/mol. The third kappa shape index (κ3) is 2.34. The second-order valence-corrected chi connectivity index (χ2v) is 5.79. The molecule has 0 aromatic heterocycles. The first-order valence-electron chi connectivity index (χ1n) is 5.72. The lowest BCUT2D eigenvalue weighted by Crippen LogP contribution is -2.40. The molecule has 1 saturated carbocycles. The van der Waals surface area contributed by atoms with E-state index in [1.807, 2.05) is 16.7 Å². The third-order valence-corrected chi connectivity index (χ3v) is 4.39. The average Bonchev–Trinajstić information content (AvgIpc) is 3.00. The fourth-order valence-corrected chi connectivity index (χ4v) is 3.21. The predicted molar refractivity (Wildman–Crippen MR) is 62.3 cm³/mol.